The Bertz CT molecular complexity index is 363. The smallest absolute Gasteiger partial charge is 0.247 e. The lowest BCUT2D eigenvalue weighted by Crippen LogP contribution is -2.52. The number of nitrogens with one attached hydrogen (secondary N) is 1. The van der Waals surface area contributed by atoms with E-state index in [-0.39, 0.29) is 24.4 Å². The van der Waals surface area contributed by atoms with Crippen LogP contribution in [-0.2, 0) is 14.3 Å². The molecule has 8 heteroatoms. The Morgan fingerprint density at radius 1 is 1.29 bits per heavy atom. The normalized spacial score (nSPS) is 27.0. The van der Waals surface area contributed by atoms with Gasteiger partial charge >= 0.3 is 0 Å². The number of morpholine rings is 1. The summed E-state index contributed by atoms with van der Waals surface area (Å²) in [7, 11) is 0. The average Bonchev–Trinajstić information content (AvgIpc) is 2.45. The molecule has 0 aromatic rings. The number of amides is 2. The summed E-state index contributed by atoms with van der Waals surface area (Å²) in [6, 6.07) is 0. The SMILES string of the molecule is C[C@@H]1CN(CCC(=O)N2CCNCC2)CC(C(N)=O)O1.Cl. The quantitative estimate of drug-likeness (QED) is 0.680. The largest absolute Gasteiger partial charge is 0.367 e. The monoisotopic (exact) mass is 320 g/mol. The van der Waals surface area contributed by atoms with Crippen LogP contribution in [0.3, 0.4) is 0 Å². The van der Waals surface area contributed by atoms with E-state index in [1.165, 1.54) is 0 Å². The number of nitrogens with zero attached hydrogens (tertiary/aromatic N) is 2. The first kappa shape index (κ1) is 18.2. The summed E-state index contributed by atoms with van der Waals surface area (Å²) < 4.78 is 5.48. The summed E-state index contributed by atoms with van der Waals surface area (Å²) in [6.45, 7) is 7.08. The minimum absolute atomic E-state index is 0. The third-order valence-corrected chi connectivity index (χ3v) is 3.76. The number of nitrogens with two attached hydrogens (primary N) is 1. The third kappa shape index (κ3) is 5.43. The van der Waals surface area contributed by atoms with Crippen molar-refractivity contribution in [2.24, 2.45) is 5.73 Å². The fraction of sp³-hybridized carbons (Fsp3) is 0.846. The van der Waals surface area contributed by atoms with Gasteiger partial charge in [0.25, 0.3) is 0 Å². The van der Waals surface area contributed by atoms with Crippen molar-refractivity contribution >= 4 is 24.2 Å². The molecule has 0 radical (unpaired) electrons. The number of hydrogen-bond donors (Lipinski definition) is 2. The van der Waals surface area contributed by atoms with Crippen molar-refractivity contribution in [2.45, 2.75) is 25.6 Å². The molecule has 0 aliphatic carbocycles. The van der Waals surface area contributed by atoms with Gasteiger partial charge in [-0.05, 0) is 6.92 Å². The van der Waals surface area contributed by atoms with Crippen LogP contribution in [0.2, 0.25) is 0 Å². The number of ether oxygens (including phenoxy) is 1. The van der Waals surface area contributed by atoms with Crippen molar-refractivity contribution in [2.75, 3.05) is 45.8 Å². The van der Waals surface area contributed by atoms with Crippen LogP contribution in [0, 0.1) is 0 Å². The number of carbonyl (C=O) groups excluding carboxylic acids is 2. The van der Waals surface area contributed by atoms with Crippen LogP contribution in [-0.4, -0.2) is 79.6 Å². The molecule has 2 aliphatic rings. The Morgan fingerprint density at radius 2 is 1.95 bits per heavy atom. The second-order valence-corrected chi connectivity index (χ2v) is 5.48. The van der Waals surface area contributed by atoms with Crippen molar-refractivity contribution < 1.29 is 14.3 Å². The highest BCUT2D eigenvalue weighted by molar-refractivity contribution is 5.85. The molecular weight excluding hydrogens is 296 g/mol. The first-order chi connectivity index (χ1) is 9.56. The van der Waals surface area contributed by atoms with Crippen LogP contribution < -0.4 is 11.1 Å². The Kier molecular flexibility index (Phi) is 7.37. The van der Waals surface area contributed by atoms with Crippen LogP contribution in [0.4, 0.5) is 0 Å². The van der Waals surface area contributed by atoms with Gasteiger partial charge in [-0.3, -0.25) is 14.5 Å². The molecule has 122 valence electrons. The van der Waals surface area contributed by atoms with E-state index in [2.05, 4.69) is 10.2 Å². The van der Waals surface area contributed by atoms with Crippen molar-refractivity contribution in [3.05, 3.63) is 0 Å². The minimum Gasteiger partial charge on any atom is -0.367 e. The second kappa shape index (κ2) is 8.53. The summed E-state index contributed by atoms with van der Waals surface area (Å²) >= 11 is 0. The molecule has 2 amide bonds. The highest BCUT2D eigenvalue weighted by Crippen LogP contribution is 2.11. The standard InChI is InChI=1S/C13H24N4O3.ClH/c1-10-8-16(9-11(20-10)13(14)19)5-2-12(18)17-6-3-15-4-7-17;/h10-11,15H,2-9H2,1H3,(H2,14,19);1H/t10-,11?;/m1./s1. The molecular formula is C13H25ClN4O3. The van der Waals surface area contributed by atoms with Crippen LogP contribution >= 0.6 is 12.4 Å². The van der Waals surface area contributed by atoms with Crippen molar-refractivity contribution in [1.29, 1.82) is 0 Å². The van der Waals surface area contributed by atoms with E-state index in [1.807, 2.05) is 11.8 Å². The van der Waals surface area contributed by atoms with Crippen LogP contribution in [0.25, 0.3) is 0 Å². The second-order valence-electron chi connectivity index (χ2n) is 5.48. The van der Waals surface area contributed by atoms with Gasteiger partial charge < -0.3 is 20.7 Å². The molecule has 0 saturated carbocycles. The Morgan fingerprint density at radius 3 is 2.57 bits per heavy atom. The van der Waals surface area contributed by atoms with Crippen molar-refractivity contribution in [1.82, 2.24) is 15.1 Å². The molecule has 1 unspecified atom stereocenters. The molecule has 2 saturated heterocycles. The van der Waals surface area contributed by atoms with Gasteiger partial charge in [0.1, 0.15) is 6.10 Å². The van der Waals surface area contributed by atoms with E-state index in [4.69, 9.17) is 10.5 Å². The number of carbonyl (C=O) groups is 2. The maximum absolute atomic E-state index is 12.1. The number of rotatable bonds is 4. The highest BCUT2D eigenvalue weighted by Gasteiger charge is 2.29. The fourth-order valence-electron chi connectivity index (χ4n) is 2.70. The van der Waals surface area contributed by atoms with E-state index in [1.54, 1.807) is 0 Å². The molecule has 0 aromatic heterocycles. The first-order valence-corrected chi connectivity index (χ1v) is 7.22. The molecule has 2 fully saturated rings. The van der Waals surface area contributed by atoms with E-state index in [9.17, 15) is 9.59 Å². The maximum atomic E-state index is 12.1. The zero-order valence-electron chi connectivity index (χ0n) is 12.4. The van der Waals surface area contributed by atoms with Crippen LogP contribution in [0.1, 0.15) is 13.3 Å². The zero-order chi connectivity index (χ0) is 14.5. The van der Waals surface area contributed by atoms with Gasteiger partial charge in [-0.2, -0.15) is 0 Å². The highest BCUT2D eigenvalue weighted by atomic mass is 35.5. The molecule has 21 heavy (non-hydrogen) atoms. The maximum Gasteiger partial charge on any atom is 0.247 e. The van der Waals surface area contributed by atoms with Crippen LogP contribution in [0.5, 0.6) is 0 Å². The summed E-state index contributed by atoms with van der Waals surface area (Å²) in [5.41, 5.74) is 5.29. The van der Waals surface area contributed by atoms with Crippen LogP contribution in [0.15, 0.2) is 0 Å². The zero-order valence-corrected chi connectivity index (χ0v) is 13.2. The Balaban J connectivity index is 0.00000220. The average molecular weight is 321 g/mol. The third-order valence-electron chi connectivity index (χ3n) is 3.76. The molecule has 3 N–H and O–H groups in total. The molecule has 2 aliphatic heterocycles. The molecule has 0 spiro atoms. The lowest BCUT2D eigenvalue weighted by atomic mass is 10.2. The van der Waals surface area contributed by atoms with Crippen molar-refractivity contribution in [3.63, 3.8) is 0 Å². The van der Waals surface area contributed by atoms with Gasteiger partial charge in [0.15, 0.2) is 0 Å². The predicted molar refractivity (Wildman–Crippen MR) is 81.3 cm³/mol. The van der Waals surface area contributed by atoms with E-state index in [0.717, 1.165) is 32.7 Å². The lowest BCUT2D eigenvalue weighted by Gasteiger charge is -2.35. The summed E-state index contributed by atoms with van der Waals surface area (Å²) in [6.07, 6.45) is -0.110. The van der Waals surface area contributed by atoms with Gasteiger partial charge in [0.2, 0.25) is 11.8 Å². The Hall–Kier alpha value is -0.890. The van der Waals surface area contributed by atoms with Gasteiger partial charge in [-0.15, -0.1) is 12.4 Å². The molecule has 2 atom stereocenters. The first-order valence-electron chi connectivity index (χ1n) is 7.22. The number of piperazine rings is 1. The van der Waals surface area contributed by atoms with E-state index in [0.29, 0.717) is 19.5 Å². The summed E-state index contributed by atoms with van der Waals surface area (Å²) in [4.78, 5) is 27.3. The molecule has 2 rings (SSSR count). The fourth-order valence-corrected chi connectivity index (χ4v) is 2.70. The lowest BCUT2D eigenvalue weighted by molar-refractivity contribution is -0.143. The molecule has 0 bridgehead atoms. The minimum atomic E-state index is -0.562. The molecule has 7 nitrogen and oxygen atoms in total. The number of halogens is 1. The number of hydrogen-bond acceptors (Lipinski definition) is 5. The van der Waals surface area contributed by atoms with Gasteiger partial charge in [-0.25, -0.2) is 0 Å². The predicted octanol–water partition coefficient (Wildman–Crippen LogP) is -1.20. The molecule has 2 heterocycles. The van der Waals surface area contributed by atoms with Gasteiger partial charge in [0, 0.05) is 52.2 Å². The van der Waals surface area contributed by atoms with E-state index >= 15 is 0 Å². The van der Waals surface area contributed by atoms with Gasteiger partial charge in [-0.1, -0.05) is 0 Å². The van der Waals surface area contributed by atoms with E-state index < -0.39 is 12.0 Å². The van der Waals surface area contributed by atoms with Gasteiger partial charge in [0.05, 0.1) is 6.10 Å². The summed E-state index contributed by atoms with van der Waals surface area (Å²) in [5.74, 6) is -0.253. The Labute approximate surface area is 131 Å². The van der Waals surface area contributed by atoms with Crippen molar-refractivity contribution in [3.8, 4) is 0 Å². The molecule has 0 aromatic carbocycles. The summed E-state index contributed by atoms with van der Waals surface area (Å²) in [5, 5.41) is 3.23. The topological polar surface area (TPSA) is 87.9 Å². The number of primary amides is 1.